The van der Waals surface area contributed by atoms with Gasteiger partial charge in [-0.05, 0) is 38.5 Å². The minimum atomic E-state index is -0.193. The van der Waals surface area contributed by atoms with Gasteiger partial charge in [0.25, 0.3) is 0 Å². The van der Waals surface area contributed by atoms with Crippen molar-refractivity contribution in [2.75, 3.05) is 19.6 Å². The van der Waals surface area contributed by atoms with E-state index in [2.05, 4.69) is 36.0 Å². The molecule has 1 saturated carbocycles. The number of aromatic nitrogens is 1. The number of likely N-dealkylation sites (N-methyl/N-ethyl adjacent to an activating group) is 2. The van der Waals surface area contributed by atoms with Crippen LogP contribution in [0.5, 0.6) is 0 Å². The van der Waals surface area contributed by atoms with Crippen LogP contribution in [0.1, 0.15) is 58.1 Å². The van der Waals surface area contributed by atoms with E-state index in [0.717, 1.165) is 38.0 Å². The van der Waals surface area contributed by atoms with E-state index < -0.39 is 0 Å². The Hall–Kier alpha value is -1.00. The van der Waals surface area contributed by atoms with Gasteiger partial charge in [-0.1, -0.05) is 33.6 Å². The van der Waals surface area contributed by atoms with Crippen LogP contribution < -0.4 is 5.32 Å². The highest BCUT2D eigenvalue weighted by molar-refractivity contribution is 5.24. The lowest BCUT2D eigenvalue weighted by Gasteiger charge is -2.46. The molecular formula is C17H28FN3. The number of hydrogen-bond donors (Lipinski definition) is 1. The molecule has 4 heteroatoms. The van der Waals surface area contributed by atoms with Crippen LogP contribution in [0.25, 0.3) is 0 Å². The first-order valence-electron chi connectivity index (χ1n) is 8.27. The van der Waals surface area contributed by atoms with Gasteiger partial charge in [0.2, 0.25) is 0 Å². The Bertz CT molecular complexity index is 439. The highest BCUT2D eigenvalue weighted by Gasteiger charge is 2.46. The lowest BCUT2D eigenvalue weighted by Crippen LogP contribution is -2.55. The van der Waals surface area contributed by atoms with E-state index in [1.165, 1.54) is 19.0 Å². The predicted octanol–water partition coefficient (Wildman–Crippen LogP) is 3.53. The standard InChI is InChI=1S/C17H28FN3/c1-4-20-16(14-9-12-19-13-15(14)18)17(10-7-8-11-17)21(5-2)6-3/h9,12-13,16,20H,4-8,10-11H2,1-3H3. The van der Waals surface area contributed by atoms with Crippen LogP contribution in [0.2, 0.25) is 0 Å². The molecule has 1 aromatic rings. The molecule has 1 aliphatic rings. The fraction of sp³-hybridized carbons (Fsp3) is 0.706. The zero-order valence-electron chi connectivity index (χ0n) is 13.5. The number of nitrogens with one attached hydrogen (secondary N) is 1. The summed E-state index contributed by atoms with van der Waals surface area (Å²) in [5, 5.41) is 3.56. The molecule has 0 saturated heterocycles. The summed E-state index contributed by atoms with van der Waals surface area (Å²) < 4.78 is 14.3. The lowest BCUT2D eigenvalue weighted by atomic mass is 9.81. The summed E-state index contributed by atoms with van der Waals surface area (Å²) in [7, 11) is 0. The quantitative estimate of drug-likeness (QED) is 0.833. The Kier molecular flexibility index (Phi) is 5.71. The van der Waals surface area contributed by atoms with Crippen LogP contribution in [0, 0.1) is 5.82 Å². The van der Waals surface area contributed by atoms with Crippen LogP contribution in [0.4, 0.5) is 4.39 Å². The van der Waals surface area contributed by atoms with E-state index in [1.54, 1.807) is 6.20 Å². The minimum Gasteiger partial charge on any atom is -0.309 e. The molecule has 1 fully saturated rings. The van der Waals surface area contributed by atoms with Crippen molar-refractivity contribution in [2.45, 2.75) is 58.0 Å². The second-order valence-corrected chi connectivity index (χ2v) is 5.87. The van der Waals surface area contributed by atoms with Gasteiger partial charge in [0.15, 0.2) is 0 Å². The van der Waals surface area contributed by atoms with Crippen molar-refractivity contribution < 1.29 is 4.39 Å². The van der Waals surface area contributed by atoms with E-state index in [-0.39, 0.29) is 17.4 Å². The summed E-state index contributed by atoms with van der Waals surface area (Å²) in [5.41, 5.74) is 0.794. The molecule has 1 atom stereocenters. The molecule has 3 nitrogen and oxygen atoms in total. The predicted molar refractivity (Wildman–Crippen MR) is 84.7 cm³/mol. The zero-order chi connectivity index (χ0) is 15.3. The van der Waals surface area contributed by atoms with Crippen molar-refractivity contribution in [3.8, 4) is 0 Å². The van der Waals surface area contributed by atoms with Gasteiger partial charge in [-0.3, -0.25) is 9.88 Å². The molecule has 1 unspecified atom stereocenters. The summed E-state index contributed by atoms with van der Waals surface area (Å²) >= 11 is 0. The average Bonchev–Trinajstić information content (AvgIpc) is 2.97. The molecular weight excluding hydrogens is 265 g/mol. The molecule has 1 N–H and O–H groups in total. The van der Waals surface area contributed by atoms with Crippen LogP contribution in [-0.2, 0) is 0 Å². The largest absolute Gasteiger partial charge is 0.309 e. The number of hydrogen-bond acceptors (Lipinski definition) is 3. The molecule has 0 spiro atoms. The third-order valence-corrected chi connectivity index (χ3v) is 4.92. The van der Waals surface area contributed by atoms with Crippen molar-refractivity contribution in [2.24, 2.45) is 0 Å². The summed E-state index contributed by atoms with van der Waals surface area (Å²) in [6, 6.07) is 1.87. The molecule has 0 bridgehead atoms. The average molecular weight is 293 g/mol. The Labute approximate surface area is 127 Å². The number of rotatable bonds is 7. The maximum absolute atomic E-state index is 14.3. The first kappa shape index (κ1) is 16.4. The van der Waals surface area contributed by atoms with Gasteiger partial charge in [-0.2, -0.15) is 0 Å². The molecule has 1 heterocycles. The smallest absolute Gasteiger partial charge is 0.146 e. The molecule has 1 aliphatic carbocycles. The van der Waals surface area contributed by atoms with Crippen molar-refractivity contribution in [1.82, 2.24) is 15.2 Å². The molecule has 2 rings (SSSR count). The van der Waals surface area contributed by atoms with Crippen molar-refractivity contribution in [1.29, 1.82) is 0 Å². The van der Waals surface area contributed by atoms with Crippen LogP contribution >= 0.6 is 0 Å². The number of nitrogens with zero attached hydrogens (tertiary/aromatic N) is 2. The van der Waals surface area contributed by atoms with Crippen LogP contribution in [0.15, 0.2) is 18.5 Å². The van der Waals surface area contributed by atoms with E-state index >= 15 is 0 Å². The Morgan fingerprint density at radius 2 is 1.95 bits per heavy atom. The summed E-state index contributed by atoms with van der Waals surface area (Å²) in [4.78, 5) is 6.43. The highest BCUT2D eigenvalue weighted by atomic mass is 19.1. The molecule has 0 amide bonds. The topological polar surface area (TPSA) is 28.2 Å². The lowest BCUT2D eigenvalue weighted by molar-refractivity contribution is 0.0618. The van der Waals surface area contributed by atoms with E-state index in [9.17, 15) is 4.39 Å². The third-order valence-electron chi connectivity index (χ3n) is 4.92. The zero-order valence-corrected chi connectivity index (χ0v) is 13.5. The second-order valence-electron chi connectivity index (χ2n) is 5.87. The summed E-state index contributed by atoms with van der Waals surface area (Å²) in [6.45, 7) is 9.35. The summed E-state index contributed by atoms with van der Waals surface area (Å²) in [5.74, 6) is -0.193. The minimum absolute atomic E-state index is 0.0295. The van der Waals surface area contributed by atoms with E-state index in [4.69, 9.17) is 0 Å². The Morgan fingerprint density at radius 3 is 2.48 bits per heavy atom. The van der Waals surface area contributed by atoms with Crippen molar-refractivity contribution >= 4 is 0 Å². The van der Waals surface area contributed by atoms with Crippen molar-refractivity contribution in [3.05, 3.63) is 29.8 Å². The first-order chi connectivity index (χ1) is 10.2. The van der Waals surface area contributed by atoms with Crippen LogP contribution in [-0.4, -0.2) is 35.1 Å². The van der Waals surface area contributed by atoms with Crippen LogP contribution in [0.3, 0.4) is 0 Å². The highest BCUT2D eigenvalue weighted by Crippen LogP contribution is 2.44. The van der Waals surface area contributed by atoms with Gasteiger partial charge in [-0.15, -0.1) is 0 Å². The van der Waals surface area contributed by atoms with Gasteiger partial charge < -0.3 is 5.32 Å². The normalized spacial score (nSPS) is 19.1. The first-order valence-corrected chi connectivity index (χ1v) is 8.27. The molecule has 1 aromatic heterocycles. The second kappa shape index (κ2) is 7.32. The van der Waals surface area contributed by atoms with E-state index in [1.807, 2.05) is 6.07 Å². The molecule has 0 aromatic carbocycles. The van der Waals surface area contributed by atoms with Gasteiger partial charge in [0.1, 0.15) is 5.82 Å². The fourth-order valence-corrected chi connectivity index (χ4v) is 4.04. The maximum atomic E-state index is 14.3. The Morgan fingerprint density at radius 1 is 1.29 bits per heavy atom. The SMILES string of the molecule is CCNC(c1ccncc1F)C1(N(CC)CC)CCCC1. The molecule has 21 heavy (non-hydrogen) atoms. The third kappa shape index (κ3) is 3.11. The molecule has 0 aliphatic heterocycles. The fourth-order valence-electron chi connectivity index (χ4n) is 4.04. The monoisotopic (exact) mass is 293 g/mol. The maximum Gasteiger partial charge on any atom is 0.146 e. The Balaban J connectivity index is 2.45. The van der Waals surface area contributed by atoms with Gasteiger partial charge in [0.05, 0.1) is 12.2 Å². The van der Waals surface area contributed by atoms with Gasteiger partial charge >= 0.3 is 0 Å². The van der Waals surface area contributed by atoms with E-state index in [0.29, 0.717) is 0 Å². The number of pyridine rings is 1. The number of halogens is 1. The van der Waals surface area contributed by atoms with Gasteiger partial charge in [0, 0.05) is 17.3 Å². The molecule has 118 valence electrons. The van der Waals surface area contributed by atoms with Crippen molar-refractivity contribution in [3.63, 3.8) is 0 Å². The van der Waals surface area contributed by atoms with Gasteiger partial charge in [-0.25, -0.2) is 4.39 Å². The summed E-state index contributed by atoms with van der Waals surface area (Å²) in [6.07, 6.45) is 7.76. The molecule has 0 radical (unpaired) electrons.